The van der Waals surface area contributed by atoms with E-state index in [1.54, 1.807) is 74.7 Å². The first-order chi connectivity index (χ1) is 14.9. The van der Waals surface area contributed by atoms with Crippen LogP contribution in [0.5, 0.6) is 5.75 Å². The van der Waals surface area contributed by atoms with Crippen LogP contribution in [-0.2, 0) is 0 Å². The zero-order valence-electron chi connectivity index (χ0n) is 17.0. The van der Waals surface area contributed by atoms with Gasteiger partial charge in [0, 0.05) is 11.3 Å². The zero-order valence-corrected chi connectivity index (χ0v) is 17.9. The van der Waals surface area contributed by atoms with Crippen molar-refractivity contribution in [3.63, 3.8) is 0 Å². The minimum atomic E-state index is -0.435. The number of amides is 3. The summed E-state index contributed by atoms with van der Waals surface area (Å²) < 4.78 is 19.3. The van der Waals surface area contributed by atoms with E-state index in [1.165, 1.54) is 12.1 Å². The fourth-order valence-electron chi connectivity index (χ4n) is 2.83. The molecule has 8 heteroatoms. The molecule has 1 unspecified atom stereocenters. The van der Waals surface area contributed by atoms with Crippen molar-refractivity contribution < 1.29 is 18.7 Å². The molecule has 3 rings (SSSR count). The molecule has 160 valence electrons. The number of thiol groups is 1. The summed E-state index contributed by atoms with van der Waals surface area (Å²) in [7, 11) is 1.56. The molecule has 0 aliphatic heterocycles. The number of ether oxygens (including phenoxy) is 1. The minimum absolute atomic E-state index is 0.260. The molecule has 0 fully saturated rings. The number of hydrogen-bond acceptors (Lipinski definition) is 4. The van der Waals surface area contributed by atoms with E-state index in [0.717, 1.165) is 9.87 Å². The highest BCUT2D eigenvalue weighted by atomic mass is 32.1. The summed E-state index contributed by atoms with van der Waals surface area (Å²) in [6.45, 7) is 1.80. The van der Waals surface area contributed by atoms with Gasteiger partial charge in [-0.2, -0.15) is 0 Å². The van der Waals surface area contributed by atoms with Crippen molar-refractivity contribution in [3.8, 4) is 5.75 Å². The molecule has 2 N–H and O–H groups in total. The Morgan fingerprint density at radius 3 is 2.16 bits per heavy atom. The van der Waals surface area contributed by atoms with Gasteiger partial charge in [0.2, 0.25) is 0 Å². The molecule has 6 nitrogen and oxygen atoms in total. The van der Waals surface area contributed by atoms with Gasteiger partial charge in [-0.15, -0.1) is 0 Å². The predicted molar refractivity (Wildman–Crippen MR) is 122 cm³/mol. The Bertz CT molecular complexity index is 1040. The molecular formula is C23H22FN3O3S. The average Bonchev–Trinajstić information content (AvgIpc) is 2.79. The largest absolute Gasteiger partial charge is 0.497 e. The number of benzene rings is 3. The van der Waals surface area contributed by atoms with Gasteiger partial charge in [0.25, 0.3) is 5.91 Å². The number of nitrogens with one attached hydrogen (secondary N) is 2. The van der Waals surface area contributed by atoms with Crippen LogP contribution in [-0.4, -0.2) is 19.0 Å². The van der Waals surface area contributed by atoms with Gasteiger partial charge < -0.3 is 15.4 Å². The molecule has 0 saturated heterocycles. The summed E-state index contributed by atoms with van der Waals surface area (Å²) in [5.74, 6) is 0.0723. The molecule has 3 aromatic carbocycles. The number of anilines is 2. The van der Waals surface area contributed by atoms with Crippen LogP contribution < -0.4 is 19.7 Å². The van der Waals surface area contributed by atoms with E-state index in [2.05, 4.69) is 23.4 Å². The number of hydrogen-bond donors (Lipinski definition) is 3. The van der Waals surface area contributed by atoms with Crippen LogP contribution >= 0.6 is 12.8 Å². The molecule has 0 aromatic heterocycles. The van der Waals surface area contributed by atoms with E-state index >= 15 is 0 Å². The Morgan fingerprint density at radius 2 is 1.58 bits per heavy atom. The summed E-state index contributed by atoms with van der Waals surface area (Å²) in [6, 6.07) is 18.6. The van der Waals surface area contributed by atoms with Gasteiger partial charge >= 0.3 is 6.03 Å². The topological polar surface area (TPSA) is 70.7 Å². The Kier molecular flexibility index (Phi) is 7.15. The average molecular weight is 440 g/mol. The second-order valence-electron chi connectivity index (χ2n) is 6.76. The van der Waals surface area contributed by atoms with Gasteiger partial charge in [-0.3, -0.25) is 4.79 Å². The number of nitrogens with zero attached hydrogens (tertiary/aromatic N) is 1. The van der Waals surface area contributed by atoms with Crippen molar-refractivity contribution in [2.75, 3.05) is 16.7 Å². The fraction of sp³-hybridized carbons (Fsp3) is 0.130. The monoisotopic (exact) mass is 439 g/mol. The van der Waals surface area contributed by atoms with Crippen molar-refractivity contribution in [2.45, 2.75) is 13.0 Å². The van der Waals surface area contributed by atoms with Crippen molar-refractivity contribution in [1.29, 1.82) is 0 Å². The van der Waals surface area contributed by atoms with Gasteiger partial charge in [0.15, 0.2) is 0 Å². The summed E-state index contributed by atoms with van der Waals surface area (Å²) >= 11 is 4.26. The van der Waals surface area contributed by atoms with Gasteiger partial charge in [-0.1, -0.05) is 24.9 Å². The van der Waals surface area contributed by atoms with Gasteiger partial charge in [-0.05, 0) is 73.2 Å². The molecule has 3 amide bonds. The maximum absolute atomic E-state index is 13.1. The second kappa shape index (κ2) is 9.99. The molecule has 0 radical (unpaired) electrons. The number of halogens is 1. The van der Waals surface area contributed by atoms with E-state index in [-0.39, 0.29) is 17.8 Å². The molecule has 0 spiro atoms. The molecule has 0 aliphatic rings. The third kappa shape index (κ3) is 5.76. The van der Waals surface area contributed by atoms with Crippen molar-refractivity contribution in [1.82, 2.24) is 5.32 Å². The quantitative estimate of drug-likeness (QED) is 0.462. The number of carbonyl (C=O) groups is 2. The summed E-state index contributed by atoms with van der Waals surface area (Å²) in [6.07, 6.45) is 0. The van der Waals surface area contributed by atoms with Gasteiger partial charge in [-0.25, -0.2) is 13.5 Å². The maximum Gasteiger partial charge on any atom is 0.332 e. The normalized spacial score (nSPS) is 11.4. The van der Waals surface area contributed by atoms with Crippen molar-refractivity contribution in [3.05, 3.63) is 89.7 Å². The van der Waals surface area contributed by atoms with E-state index < -0.39 is 6.03 Å². The van der Waals surface area contributed by atoms with E-state index in [0.29, 0.717) is 22.7 Å². The molecule has 0 aliphatic carbocycles. The Morgan fingerprint density at radius 1 is 0.968 bits per heavy atom. The SMILES string of the molecule is COc1ccc(C(=O)Nc2ccc(N(S)C(=O)NC(C)c3ccc(F)cc3)cc2)cc1. The maximum atomic E-state index is 13.1. The van der Waals surface area contributed by atoms with Crippen LogP contribution in [0.25, 0.3) is 0 Å². The Hall–Kier alpha value is -3.52. The third-order valence-corrected chi connectivity index (χ3v) is 5.04. The first kappa shape index (κ1) is 22.2. The van der Waals surface area contributed by atoms with Crippen LogP contribution in [0.1, 0.15) is 28.9 Å². The second-order valence-corrected chi connectivity index (χ2v) is 7.16. The van der Waals surface area contributed by atoms with Gasteiger partial charge in [0.1, 0.15) is 11.6 Å². The van der Waals surface area contributed by atoms with Crippen LogP contribution in [0.3, 0.4) is 0 Å². The molecule has 31 heavy (non-hydrogen) atoms. The standard InChI is InChI=1S/C23H22FN3O3S/c1-15(16-3-7-18(24)8-4-16)25-23(29)27(31)20-11-9-19(10-12-20)26-22(28)17-5-13-21(30-2)14-6-17/h3-15,31H,1-2H3,(H,25,29)(H,26,28). The van der Waals surface area contributed by atoms with E-state index in [4.69, 9.17) is 4.74 Å². The predicted octanol–water partition coefficient (Wildman–Crippen LogP) is 5.21. The fourth-order valence-corrected chi connectivity index (χ4v) is 3.02. The van der Waals surface area contributed by atoms with E-state index in [9.17, 15) is 14.0 Å². The number of methoxy groups -OCH3 is 1. The molecular weight excluding hydrogens is 417 g/mol. The van der Waals surface area contributed by atoms with Crippen LogP contribution in [0, 0.1) is 5.82 Å². The number of urea groups is 1. The van der Waals surface area contributed by atoms with Crippen LogP contribution in [0.4, 0.5) is 20.6 Å². The lowest BCUT2D eigenvalue weighted by Gasteiger charge is -2.21. The molecule has 1 atom stereocenters. The molecule has 0 saturated carbocycles. The summed E-state index contributed by atoms with van der Waals surface area (Å²) in [5.41, 5.74) is 2.36. The Labute approximate surface area is 185 Å². The highest BCUT2D eigenvalue weighted by Crippen LogP contribution is 2.22. The molecule has 0 heterocycles. The number of rotatable bonds is 6. The first-order valence-electron chi connectivity index (χ1n) is 9.48. The van der Waals surface area contributed by atoms with Crippen molar-refractivity contribution in [2.24, 2.45) is 0 Å². The van der Waals surface area contributed by atoms with E-state index in [1.807, 2.05) is 0 Å². The lowest BCUT2D eigenvalue weighted by molar-refractivity contribution is 0.102. The smallest absolute Gasteiger partial charge is 0.332 e. The lowest BCUT2D eigenvalue weighted by atomic mass is 10.1. The highest BCUT2D eigenvalue weighted by Gasteiger charge is 2.16. The minimum Gasteiger partial charge on any atom is -0.497 e. The summed E-state index contributed by atoms with van der Waals surface area (Å²) in [5, 5.41) is 5.59. The Balaban J connectivity index is 1.59. The summed E-state index contributed by atoms with van der Waals surface area (Å²) in [4.78, 5) is 24.8. The van der Waals surface area contributed by atoms with Crippen LogP contribution in [0.2, 0.25) is 0 Å². The molecule has 0 bridgehead atoms. The highest BCUT2D eigenvalue weighted by molar-refractivity contribution is 7.82. The lowest BCUT2D eigenvalue weighted by Crippen LogP contribution is -2.35. The third-order valence-electron chi connectivity index (χ3n) is 4.62. The van der Waals surface area contributed by atoms with Crippen molar-refractivity contribution >= 4 is 36.1 Å². The van der Waals surface area contributed by atoms with Crippen LogP contribution in [0.15, 0.2) is 72.8 Å². The zero-order chi connectivity index (χ0) is 22.4. The molecule has 3 aromatic rings. The first-order valence-corrected chi connectivity index (χ1v) is 9.88. The van der Waals surface area contributed by atoms with Gasteiger partial charge in [0.05, 0.1) is 18.8 Å². The number of carbonyl (C=O) groups excluding carboxylic acids is 2.